The molecule has 29 heavy (non-hydrogen) atoms. The van der Waals surface area contributed by atoms with Crippen LogP contribution in [-0.4, -0.2) is 34.7 Å². The molecule has 2 atom stereocenters. The number of carboxylic acids is 2. The Labute approximate surface area is 174 Å². The van der Waals surface area contributed by atoms with Gasteiger partial charge in [-0.3, -0.25) is 9.59 Å². The van der Waals surface area contributed by atoms with Gasteiger partial charge in [0.2, 0.25) is 0 Å². The van der Waals surface area contributed by atoms with Gasteiger partial charge < -0.3 is 14.9 Å². The van der Waals surface area contributed by atoms with Crippen LogP contribution < -0.4 is 0 Å². The van der Waals surface area contributed by atoms with Gasteiger partial charge in [-0.15, -0.1) is 0 Å². The van der Waals surface area contributed by atoms with Crippen molar-refractivity contribution in [3.63, 3.8) is 0 Å². The highest BCUT2D eigenvalue weighted by atomic mass is 16.5. The van der Waals surface area contributed by atoms with Crippen LogP contribution in [0.5, 0.6) is 0 Å². The van der Waals surface area contributed by atoms with E-state index in [-0.39, 0.29) is 12.3 Å². The standard InChI is InChI=1S/C23H38O6/c1-5-7-8-11-14-29-21(26)17(6-2)19(15-16(3)4)23(22(27)28)13-10-9-12-18(23)20(24)25/h16,18H,5-15H2,1-4H3,(H,24,25)(H,27,28). The van der Waals surface area contributed by atoms with Crippen LogP contribution in [-0.2, 0) is 19.1 Å². The minimum absolute atomic E-state index is 0.0940. The maximum absolute atomic E-state index is 12.9. The van der Waals surface area contributed by atoms with Crippen LogP contribution in [0.25, 0.3) is 0 Å². The van der Waals surface area contributed by atoms with Gasteiger partial charge in [0, 0.05) is 5.57 Å². The fourth-order valence-corrected chi connectivity index (χ4v) is 4.50. The summed E-state index contributed by atoms with van der Waals surface area (Å²) >= 11 is 0. The maximum Gasteiger partial charge on any atom is 0.333 e. The number of rotatable bonds is 12. The van der Waals surface area contributed by atoms with E-state index in [1.807, 2.05) is 20.8 Å². The molecule has 0 aliphatic heterocycles. The van der Waals surface area contributed by atoms with E-state index in [4.69, 9.17) is 4.74 Å². The minimum atomic E-state index is -1.54. The van der Waals surface area contributed by atoms with Crippen molar-refractivity contribution in [2.24, 2.45) is 17.3 Å². The van der Waals surface area contributed by atoms with Crippen molar-refractivity contribution in [3.05, 3.63) is 11.1 Å². The Bertz CT molecular complexity index is 606. The summed E-state index contributed by atoms with van der Waals surface area (Å²) in [5.74, 6) is -3.66. The first-order chi connectivity index (χ1) is 13.7. The maximum atomic E-state index is 12.9. The molecule has 6 heteroatoms. The highest BCUT2D eigenvalue weighted by molar-refractivity contribution is 5.94. The summed E-state index contributed by atoms with van der Waals surface area (Å²) in [5, 5.41) is 20.1. The van der Waals surface area contributed by atoms with E-state index in [9.17, 15) is 24.6 Å². The van der Waals surface area contributed by atoms with Gasteiger partial charge in [0.1, 0.15) is 5.41 Å². The van der Waals surface area contributed by atoms with Gasteiger partial charge in [0.25, 0.3) is 0 Å². The van der Waals surface area contributed by atoms with Crippen LogP contribution >= 0.6 is 0 Å². The predicted molar refractivity (Wildman–Crippen MR) is 112 cm³/mol. The molecule has 1 aliphatic carbocycles. The van der Waals surface area contributed by atoms with Crippen molar-refractivity contribution >= 4 is 17.9 Å². The molecule has 0 saturated heterocycles. The Hall–Kier alpha value is -1.85. The molecule has 2 unspecified atom stereocenters. The lowest BCUT2D eigenvalue weighted by Crippen LogP contribution is -2.47. The number of carbonyl (C=O) groups is 3. The number of hydrogen-bond donors (Lipinski definition) is 2. The van der Waals surface area contributed by atoms with Crippen molar-refractivity contribution < 1.29 is 29.3 Å². The molecule has 0 spiro atoms. The van der Waals surface area contributed by atoms with Gasteiger partial charge in [-0.25, -0.2) is 4.79 Å². The molecule has 6 nitrogen and oxygen atoms in total. The van der Waals surface area contributed by atoms with Crippen LogP contribution in [0, 0.1) is 17.3 Å². The monoisotopic (exact) mass is 410 g/mol. The zero-order chi connectivity index (χ0) is 22.0. The van der Waals surface area contributed by atoms with E-state index in [1.54, 1.807) is 0 Å². The number of ether oxygens (including phenoxy) is 1. The van der Waals surface area contributed by atoms with Crippen LogP contribution in [0.15, 0.2) is 11.1 Å². The molecule has 0 aromatic heterocycles. The first-order valence-corrected chi connectivity index (χ1v) is 11.1. The molecule has 2 N–H and O–H groups in total. The summed E-state index contributed by atoms with van der Waals surface area (Å²) in [6.45, 7) is 8.13. The average Bonchev–Trinajstić information content (AvgIpc) is 2.66. The lowest BCUT2D eigenvalue weighted by atomic mass is 9.59. The van der Waals surface area contributed by atoms with Crippen molar-refractivity contribution in [2.75, 3.05) is 6.61 Å². The van der Waals surface area contributed by atoms with Gasteiger partial charge in [0.05, 0.1) is 12.5 Å². The number of hydrogen-bond acceptors (Lipinski definition) is 4. The van der Waals surface area contributed by atoms with Crippen molar-refractivity contribution in [1.29, 1.82) is 0 Å². The molecular weight excluding hydrogens is 372 g/mol. The van der Waals surface area contributed by atoms with E-state index in [0.717, 1.165) is 25.7 Å². The summed E-state index contributed by atoms with van der Waals surface area (Å²) in [6.07, 6.45) is 6.51. The Kier molecular flexibility index (Phi) is 10.4. The Balaban J connectivity index is 3.38. The molecule has 1 fully saturated rings. The fraction of sp³-hybridized carbons (Fsp3) is 0.783. The molecule has 0 amide bonds. The molecule has 166 valence electrons. The highest BCUT2D eigenvalue weighted by Crippen LogP contribution is 2.50. The predicted octanol–water partition coefficient (Wildman–Crippen LogP) is 5.21. The van der Waals surface area contributed by atoms with E-state index in [0.29, 0.717) is 49.9 Å². The Morgan fingerprint density at radius 3 is 2.28 bits per heavy atom. The topological polar surface area (TPSA) is 101 Å². The lowest BCUT2D eigenvalue weighted by molar-refractivity contribution is -0.163. The average molecular weight is 411 g/mol. The smallest absolute Gasteiger partial charge is 0.333 e. The molecule has 0 heterocycles. The fourth-order valence-electron chi connectivity index (χ4n) is 4.50. The summed E-state index contributed by atoms with van der Waals surface area (Å²) < 4.78 is 5.48. The van der Waals surface area contributed by atoms with Crippen molar-refractivity contribution in [3.8, 4) is 0 Å². The summed E-state index contributed by atoms with van der Waals surface area (Å²) in [6, 6.07) is 0. The van der Waals surface area contributed by atoms with E-state index < -0.39 is 29.2 Å². The Morgan fingerprint density at radius 2 is 1.76 bits per heavy atom. The second kappa shape index (κ2) is 12.0. The zero-order valence-corrected chi connectivity index (χ0v) is 18.5. The van der Waals surface area contributed by atoms with Crippen LogP contribution in [0.4, 0.5) is 0 Å². The van der Waals surface area contributed by atoms with Crippen LogP contribution in [0.1, 0.15) is 91.9 Å². The number of carboxylic acid groups (broad SMARTS) is 2. The van der Waals surface area contributed by atoms with E-state index in [1.165, 1.54) is 0 Å². The first kappa shape index (κ1) is 25.2. The largest absolute Gasteiger partial charge is 0.481 e. The van der Waals surface area contributed by atoms with Gasteiger partial charge in [-0.1, -0.05) is 59.8 Å². The zero-order valence-electron chi connectivity index (χ0n) is 18.5. The molecule has 1 saturated carbocycles. The molecule has 0 radical (unpaired) electrons. The third kappa shape index (κ3) is 6.31. The summed E-state index contributed by atoms with van der Waals surface area (Å²) in [7, 11) is 0. The molecule has 0 bridgehead atoms. The molecule has 0 aromatic carbocycles. The first-order valence-electron chi connectivity index (χ1n) is 11.1. The summed E-state index contributed by atoms with van der Waals surface area (Å²) in [5.41, 5.74) is -0.723. The highest BCUT2D eigenvalue weighted by Gasteiger charge is 2.54. The van der Waals surface area contributed by atoms with E-state index in [2.05, 4.69) is 6.92 Å². The Morgan fingerprint density at radius 1 is 1.07 bits per heavy atom. The SMILES string of the molecule is CCCCCCOC(=O)C(CC)=C(CC(C)C)C1(C(=O)O)CCCCC1C(=O)O. The normalized spacial score (nSPS) is 22.9. The molecule has 0 aromatic rings. The van der Waals surface area contributed by atoms with Crippen LogP contribution in [0.2, 0.25) is 0 Å². The summed E-state index contributed by atoms with van der Waals surface area (Å²) in [4.78, 5) is 37.4. The number of aliphatic carboxylic acids is 2. The van der Waals surface area contributed by atoms with E-state index >= 15 is 0 Å². The number of unbranched alkanes of at least 4 members (excludes halogenated alkanes) is 3. The minimum Gasteiger partial charge on any atom is -0.481 e. The van der Waals surface area contributed by atoms with Gasteiger partial charge in [-0.05, 0) is 43.6 Å². The molecule has 1 aliphatic rings. The number of esters is 1. The second-order valence-electron chi connectivity index (χ2n) is 8.52. The molecular formula is C23H38O6. The third-order valence-electron chi connectivity index (χ3n) is 5.93. The lowest BCUT2D eigenvalue weighted by Gasteiger charge is -2.42. The number of carbonyl (C=O) groups excluding carboxylic acids is 1. The van der Waals surface area contributed by atoms with Crippen molar-refractivity contribution in [1.82, 2.24) is 0 Å². The molecule has 1 rings (SSSR count). The van der Waals surface area contributed by atoms with Gasteiger partial charge in [-0.2, -0.15) is 0 Å². The third-order valence-corrected chi connectivity index (χ3v) is 5.93. The van der Waals surface area contributed by atoms with Crippen molar-refractivity contribution in [2.45, 2.75) is 91.9 Å². The second-order valence-corrected chi connectivity index (χ2v) is 8.52. The van der Waals surface area contributed by atoms with Gasteiger partial charge >= 0.3 is 17.9 Å². The van der Waals surface area contributed by atoms with Gasteiger partial charge in [0.15, 0.2) is 0 Å². The quantitative estimate of drug-likeness (QED) is 0.260. The van der Waals surface area contributed by atoms with Crippen LogP contribution in [0.3, 0.4) is 0 Å².